The van der Waals surface area contributed by atoms with Gasteiger partial charge in [-0.1, -0.05) is 12.1 Å². The molecular weight excluding hydrogens is 365 g/mol. The number of nitrogens with zero attached hydrogens (tertiary/aromatic N) is 1. The normalized spacial score (nSPS) is 16.2. The van der Waals surface area contributed by atoms with E-state index in [1.165, 1.54) is 23.5 Å². The van der Waals surface area contributed by atoms with Crippen LogP contribution in [-0.4, -0.2) is 41.4 Å². The Hall–Kier alpha value is -2.41. The highest BCUT2D eigenvalue weighted by molar-refractivity contribution is 7.12. The van der Waals surface area contributed by atoms with Gasteiger partial charge in [0.2, 0.25) is 5.91 Å². The molecule has 1 aliphatic rings. The smallest absolute Gasteiger partial charge is 0.263 e. The number of thiophene rings is 1. The lowest BCUT2D eigenvalue weighted by Gasteiger charge is -2.42. The molecule has 27 heavy (non-hydrogen) atoms. The van der Waals surface area contributed by atoms with Crippen LogP contribution in [0.1, 0.15) is 36.4 Å². The highest BCUT2D eigenvalue weighted by Crippen LogP contribution is 2.29. The predicted molar refractivity (Wildman–Crippen MR) is 105 cm³/mol. The van der Waals surface area contributed by atoms with E-state index in [0.29, 0.717) is 36.5 Å². The second-order valence-corrected chi connectivity index (χ2v) is 8.06. The third-order valence-corrected chi connectivity index (χ3v) is 5.56. The lowest BCUT2D eigenvalue weighted by Crippen LogP contribution is -2.59. The second-order valence-electron chi connectivity index (χ2n) is 7.12. The summed E-state index contributed by atoms with van der Waals surface area (Å²) < 4.78 is 13.6. The quantitative estimate of drug-likeness (QED) is 0.823. The van der Waals surface area contributed by atoms with E-state index in [1.807, 2.05) is 31.4 Å². The number of piperidine rings is 1. The summed E-state index contributed by atoms with van der Waals surface area (Å²) in [5.74, 6) is -0.483. The molecule has 0 spiro atoms. The van der Waals surface area contributed by atoms with Gasteiger partial charge in [-0.15, -0.1) is 11.3 Å². The molecule has 0 bridgehead atoms. The molecule has 1 aromatic carbocycles. The average Bonchev–Trinajstić information content (AvgIpc) is 3.16. The number of likely N-dealkylation sites (tertiary alicyclic amines) is 1. The summed E-state index contributed by atoms with van der Waals surface area (Å²) in [5.41, 5.74) is -0.309. The van der Waals surface area contributed by atoms with Gasteiger partial charge < -0.3 is 15.5 Å². The Morgan fingerprint density at radius 1 is 1.19 bits per heavy atom. The second kappa shape index (κ2) is 8.08. The molecule has 0 unspecified atom stereocenters. The molecule has 0 radical (unpaired) electrons. The summed E-state index contributed by atoms with van der Waals surface area (Å²) in [6.45, 7) is 4.74. The Bertz CT molecular complexity index is 799. The van der Waals surface area contributed by atoms with Crippen LogP contribution in [0.4, 0.5) is 10.1 Å². The minimum atomic E-state index is -0.871. The van der Waals surface area contributed by atoms with Crippen molar-refractivity contribution in [3.05, 3.63) is 52.5 Å². The van der Waals surface area contributed by atoms with E-state index in [0.717, 1.165) is 0 Å². The van der Waals surface area contributed by atoms with Crippen LogP contribution in [-0.2, 0) is 4.79 Å². The molecule has 3 rings (SSSR count). The van der Waals surface area contributed by atoms with E-state index in [-0.39, 0.29) is 23.7 Å². The molecule has 1 saturated heterocycles. The number of carbonyl (C=O) groups excluding carboxylic acids is 2. The van der Waals surface area contributed by atoms with E-state index < -0.39 is 5.54 Å². The van der Waals surface area contributed by atoms with Crippen molar-refractivity contribution < 1.29 is 14.0 Å². The summed E-state index contributed by atoms with van der Waals surface area (Å²) in [6.07, 6.45) is 0.915. The van der Waals surface area contributed by atoms with Crippen molar-refractivity contribution in [2.45, 2.75) is 38.3 Å². The molecule has 0 aliphatic carbocycles. The molecular formula is C20H24FN3O2S. The van der Waals surface area contributed by atoms with Crippen LogP contribution < -0.4 is 10.6 Å². The first kappa shape index (κ1) is 19.4. The van der Waals surface area contributed by atoms with Gasteiger partial charge in [0.15, 0.2) is 0 Å². The van der Waals surface area contributed by atoms with E-state index >= 15 is 0 Å². The third-order valence-electron chi connectivity index (χ3n) is 4.70. The van der Waals surface area contributed by atoms with Crippen LogP contribution in [0.15, 0.2) is 41.8 Å². The minimum absolute atomic E-state index is 0.00513. The fourth-order valence-electron chi connectivity index (χ4n) is 3.30. The number of halogens is 1. The topological polar surface area (TPSA) is 61.4 Å². The van der Waals surface area contributed by atoms with Crippen molar-refractivity contribution in [2.75, 3.05) is 18.4 Å². The summed E-state index contributed by atoms with van der Waals surface area (Å²) in [6, 6.07) is 9.77. The summed E-state index contributed by atoms with van der Waals surface area (Å²) >= 11 is 1.42. The van der Waals surface area contributed by atoms with Crippen molar-refractivity contribution >= 4 is 28.8 Å². The predicted octanol–water partition coefficient (Wildman–Crippen LogP) is 3.50. The Labute approximate surface area is 162 Å². The van der Waals surface area contributed by atoms with Gasteiger partial charge in [0.05, 0.1) is 4.88 Å². The number of anilines is 1. The number of nitrogens with one attached hydrogen (secondary N) is 2. The molecule has 1 aromatic heterocycles. The highest BCUT2D eigenvalue weighted by Gasteiger charge is 2.42. The van der Waals surface area contributed by atoms with Gasteiger partial charge in [0, 0.05) is 24.8 Å². The van der Waals surface area contributed by atoms with Gasteiger partial charge >= 0.3 is 0 Å². The standard InChI is InChI=1S/C20H24FN3O2S/c1-14(2)22-19(26)20(23-16-6-3-5-15(21)13-16)8-10-24(11-9-20)18(25)17-7-4-12-27-17/h3-7,12-14,23H,8-11H2,1-2H3,(H,22,26). The maximum atomic E-state index is 13.6. The van der Waals surface area contributed by atoms with Crippen LogP contribution in [0.3, 0.4) is 0 Å². The first-order chi connectivity index (χ1) is 12.9. The van der Waals surface area contributed by atoms with Gasteiger partial charge in [0.1, 0.15) is 11.4 Å². The Morgan fingerprint density at radius 3 is 2.52 bits per heavy atom. The van der Waals surface area contributed by atoms with Crippen LogP contribution in [0.2, 0.25) is 0 Å². The fourth-order valence-corrected chi connectivity index (χ4v) is 3.99. The van der Waals surface area contributed by atoms with Crippen molar-refractivity contribution in [2.24, 2.45) is 0 Å². The zero-order valence-corrected chi connectivity index (χ0v) is 16.3. The SMILES string of the molecule is CC(C)NC(=O)C1(Nc2cccc(F)c2)CCN(C(=O)c2cccs2)CC1. The molecule has 2 N–H and O–H groups in total. The largest absolute Gasteiger partial charge is 0.371 e. The van der Waals surface area contributed by atoms with Crippen LogP contribution in [0.5, 0.6) is 0 Å². The first-order valence-electron chi connectivity index (χ1n) is 9.07. The van der Waals surface area contributed by atoms with E-state index in [2.05, 4.69) is 10.6 Å². The van der Waals surface area contributed by atoms with E-state index in [9.17, 15) is 14.0 Å². The molecule has 2 heterocycles. The maximum absolute atomic E-state index is 13.6. The van der Waals surface area contributed by atoms with Crippen molar-refractivity contribution in [1.29, 1.82) is 0 Å². The molecule has 144 valence electrons. The number of rotatable bonds is 5. The Balaban J connectivity index is 1.78. The average molecular weight is 389 g/mol. The molecule has 0 atom stereocenters. The summed E-state index contributed by atoms with van der Waals surface area (Å²) in [5, 5.41) is 8.09. The van der Waals surface area contributed by atoms with Gasteiger partial charge in [-0.2, -0.15) is 0 Å². The fraction of sp³-hybridized carbons (Fsp3) is 0.400. The molecule has 1 fully saturated rings. The maximum Gasteiger partial charge on any atom is 0.263 e. The van der Waals surface area contributed by atoms with E-state index in [1.54, 1.807) is 17.0 Å². The minimum Gasteiger partial charge on any atom is -0.371 e. The lowest BCUT2D eigenvalue weighted by molar-refractivity contribution is -0.127. The number of benzene rings is 1. The van der Waals surface area contributed by atoms with Crippen LogP contribution >= 0.6 is 11.3 Å². The van der Waals surface area contributed by atoms with E-state index in [4.69, 9.17) is 0 Å². The lowest BCUT2D eigenvalue weighted by atomic mass is 9.85. The molecule has 1 aliphatic heterocycles. The summed E-state index contributed by atoms with van der Waals surface area (Å²) in [4.78, 5) is 28.0. The zero-order valence-electron chi connectivity index (χ0n) is 15.5. The van der Waals surface area contributed by atoms with Crippen LogP contribution in [0, 0.1) is 5.82 Å². The van der Waals surface area contributed by atoms with Gasteiger partial charge in [-0.3, -0.25) is 9.59 Å². The number of hydrogen-bond donors (Lipinski definition) is 2. The van der Waals surface area contributed by atoms with Crippen molar-refractivity contribution in [3.63, 3.8) is 0 Å². The van der Waals surface area contributed by atoms with Gasteiger partial charge in [-0.25, -0.2) is 4.39 Å². The molecule has 7 heteroatoms. The molecule has 5 nitrogen and oxygen atoms in total. The van der Waals surface area contributed by atoms with Crippen LogP contribution in [0.25, 0.3) is 0 Å². The number of carbonyl (C=O) groups is 2. The van der Waals surface area contributed by atoms with Gasteiger partial charge in [0.25, 0.3) is 5.91 Å². The zero-order chi connectivity index (χ0) is 19.4. The van der Waals surface area contributed by atoms with Gasteiger partial charge in [-0.05, 0) is 56.3 Å². The van der Waals surface area contributed by atoms with Crippen molar-refractivity contribution in [1.82, 2.24) is 10.2 Å². The molecule has 2 aromatic rings. The molecule has 0 saturated carbocycles. The molecule has 2 amide bonds. The number of hydrogen-bond acceptors (Lipinski definition) is 4. The summed E-state index contributed by atoms with van der Waals surface area (Å²) in [7, 11) is 0. The monoisotopic (exact) mass is 389 g/mol. The Morgan fingerprint density at radius 2 is 1.93 bits per heavy atom. The first-order valence-corrected chi connectivity index (χ1v) is 9.95. The Kier molecular flexibility index (Phi) is 5.79. The highest BCUT2D eigenvalue weighted by atomic mass is 32.1. The number of amides is 2. The third kappa shape index (κ3) is 4.47. The van der Waals surface area contributed by atoms with Crippen molar-refractivity contribution in [3.8, 4) is 0 Å².